The maximum atomic E-state index is 4.97. The third-order valence-corrected chi connectivity index (χ3v) is 6.87. The van der Waals surface area contributed by atoms with E-state index >= 15 is 0 Å². The molecule has 0 fully saturated rings. The van der Waals surface area contributed by atoms with Crippen molar-refractivity contribution in [1.29, 1.82) is 0 Å². The predicted molar refractivity (Wildman–Crippen MR) is 157 cm³/mol. The molecule has 0 aliphatic rings. The molecule has 2 nitrogen and oxygen atoms in total. The number of pyridine rings is 1. The minimum Gasteiger partial charge on any atom is -0.358 e. The van der Waals surface area contributed by atoms with Gasteiger partial charge in [-0.05, 0) is 71.2 Å². The van der Waals surface area contributed by atoms with E-state index < -0.39 is 0 Å². The van der Waals surface area contributed by atoms with Crippen LogP contribution in [0.2, 0.25) is 0 Å². The number of nitrogens with zero attached hydrogens (tertiary/aromatic N) is 2. The van der Waals surface area contributed by atoms with Crippen molar-refractivity contribution < 1.29 is 52.8 Å². The van der Waals surface area contributed by atoms with Crippen LogP contribution in [0.15, 0.2) is 54.7 Å². The Balaban J connectivity index is 0.00000169. The summed E-state index contributed by atoms with van der Waals surface area (Å²) >= 11 is 0. The van der Waals surface area contributed by atoms with E-state index in [-0.39, 0.29) is 71.1 Å². The van der Waals surface area contributed by atoms with Crippen LogP contribution in [-0.4, -0.2) is 9.38 Å². The first-order valence-corrected chi connectivity index (χ1v) is 12.7. The molecule has 0 saturated carbocycles. The van der Waals surface area contributed by atoms with E-state index in [1.165, 1.54) is 44.1 Å². The van der Waals surface area contributed by atoms with E-state index in [1.807, 2.05) is 6.07 Å². The van der Waals surface area contributed by atoms with Crippen molar-refractivity contribution in [2.75, 3.05) is 0 Å². The van der Waals surface area contributed by atoms with Crippen LogP contribution in [0, 0.1) is 38.2 Å². The monoisotopic (exact) mass is 758 g/mol. The SMILES string of the molecule is Cc1cccc(C)c1-c1cnc2c3[c-]cccc3c3cc(CC(C)(C)C)c(CC(C)(C)C)cc3n12.[CH3-].[Ir].[Y]. The smallest absolute Gasteiger partial charge is 0.0639 e. The third kappa shape index (κ3) is 6.33. The second kappa shape index (κ2) is 12.0. The number of aryl methyl sites for hydroxylation is 2. The Bertz CT molecular complexity index is 1560. The Morgan fingerprint density at radius 2 is 1.39 bits per heavy atom. The van der Waals surface area contributed by atoms with Crippen LogP contribution in [0.1, 0.15) is 63.8 Å². The van der Waals surface area contributed by atoms with Crippen molar-refractivity contribution in [2.24, 2.45) is 10.8 Å². The van der Waals surface area contributed by atoms with Crippen LogP contribution in [0.5, 0.6) is 0 Å². The van der Waals surface area contributed by atoms with Crippen LogP contribution in [-0.2, 0) is 65.7 Å². The largest absolute Gasteiger partial charge is 0.358 e. The molecule has 0 amide bonds. The van der Waals surface area contributed by atoms with Gasteiger partial charge in [0.05, 0.1) is 11.3 Å². The van der Waals surface area contributed by atoms with Crippen LogP contribution in [0.25, 0.3) is 38.6 Å². The molecule has 0 aliphatic carbocycles. The van der Waals surface area contributed by atoms with Gasteiger partial charge < -0.3 is 11.8 Å². The van der Waals surface area contributed by atoms with Crippen LogP contribution in [0.4, 0.5) is 0 Å². The molecular formula is C34H40IrN2Y-2. The third-order valence-electron chi connectivity index (χ3n) is 6.87. The van der Waals surface area contributed by atoms with Crippen LogP contribution < -0.4 is 0 Å². The summed E-state index contributed by atoms with van der Waals surface area (Å²) in [5.41, 5.74) is 10.5. The van der Waals surface area contributed by atoms with Gasteiger partial charge in [-0.3, -0.25) is 4.98 Å². The zero-order valence-electron chi connectivity index (χ0n) is 24.4. The van der Waals surface area contributed by atoms with Gasteiger partial charge in [0.15, 0.2) is 0 Å². The van der Waals surface area contributed by atoms with Gasteiger partial charge in [-0.15, -0.1) is 29.7 Å². The van der Waals surface area contributed by atoms with Gasteiger partial charge in [-0.1, -0.05) is 71.2 Å². The van der Waals surface area contributed by atoms with E-state index in [1.54, 1.807) is 0 Å². The van der Waals surface area contributed by atoms with E-state index in [4.69, 9.17) is 4.98 Å². The number of rotatable bonds is 3. The number of benzene rings is 3. The van der Waals surface area contributed by atoms with Gasteiger partial charge in [0.25, 0.3) is 0 Å². The fourth-order valence-corrected chi connectivity index (χ4v) is 5.56. The van der Waals surface area contributed by atoms with E-state index in [0.717, 1.165) is 29.6 Å². The molecule has 0 saturated heterocycles. The molecule has 200 valence electrons. The second-order valence-corrected chi connectivity index (χ2v) is 12.6. The van der Waals surface area contributed by atoms with Crippen molar-refractivity contribution >= 4 is 27.3 Å². The first-order chi connectivity index (χ1) is 16.4. The average Bonchev–Trinajstić information content (AvgIpc) is 3.17. The molecule has 0 spiro atoms. The van der Waals surface area contributed by atoms with Gasteiger partial charge in [-0.2, -0.15) is 0 Å². The minimum atomic E-state index is 0. The van der Waals surface area contributed by atoms with E-state index in [9.17, 15) is 0 Å². The number of aromatic nitrogens is 2. The van der Waals surface area contributed by atoms with Crippen molar-refractivity contribution in [3.8, 4) is 11.3 Å². The summed E-state index contributed by atoms with van der Waals surface area (Å²) in [4.78, 5) is 4.97. The minimum absolute atomic E-state index is 0. The standard InChI is InChI=1S/C33H37N2.CH3.Ir.Y/c1-21-12-11-13-22(2)30(21)29-20-34-31-26-15-10-9-14-25(26)27-16-23(18-32(3,4)5)24(19-33(6,7)8)17-28(27)35(29)31;;;/h9-14,16-17,20H,18-19H2,1-8H3;1H3;;/q2*-1;;. The van der Waals surface area contributed by atoms with Crippen molar-refractivity contribution in [3.63, 3.8) is 0 Å². The predicted octanol–water partition coefficient (Wildman–Crippen LogP) is 9.35. The number of hydrogen-bond acceptors (Lipinski definition) is 1. The first kappa shape index (κ1) is 32.8. The molecule has 5 rings (SSSR count). The van der Waals surface area contributed by atoms with E-state index in [0.29, 0.717) is 0 Å². The summed E-state index contributed by atoms with van der Waals surface area (Å²) in [7, 11) is 0. The molecule has 3 aromatic carbocycles. The Morgan fingerprint density at radius 3 is 1.97 bits per heavy atom. The van der Waals surface area contributed by atoms with Gasteiger partial charge in [0.2, 0.25) is 0 Å². The van der Waals surface area contributed by atoms with E-state index in [2.05, 4.69) is 115 Å². The van der Waals surface area contributed by atoms with Crippen molar-refractivity contribution in [3.05, 3.63) is 90.5 Å². The Kier molecular flexibility index (Phi) is 10.4. The normalized spacial score (nSPS) is 11.8. The van der Waals surface area contributed by atoms with Gasteiger partial charge in [0.1, 0.15) is 0 Å². The Hall–Kier alpha value is -1.38. The number of fused-ring (bicyclic) bond motifs is 6. The zero-order valence-corrected chi connectivity index (χ0v) is 29.6. The molecule has 0 bridgehead atoms. The molecule has 2 aromatic heterocycles. The fraction of sp³-hybridized carbons (Fsp3) is 0.353. The molecule has 2 heterocycles. The topological polar surface area (TPSA) is 17.3 Å². The average molecular weight is 758 g/mol. The summed E-state index contributed by atoms with van der Waals surface area (Å²) in [6, 6.07) is 21.3. The van der Waals surface area contributed by atoms with Crippen molar-refractivity contribution in [1.82, 2.24) is 9.38 Å². The molecular weight excluding hydrogens is 718 g/mol. The molecule has 2 radical (unpaired) electrons. The summed E-state index contributed by atoms with van der Waals surface area (Å²) in [5, 5.41) is 3.60. The molecule has 0 N–H and O–H groups in total. The Morgan fingerprint density at radius 1 is 0.816 bits per heavy atom. The number of imidazole rings is 1. The van der Waals surface area contributed by atoms with Gasteiger partial charge >= 0.3 is 0 Å². The molecule has 38 heavy (non-hydrogen) atoms. The maximum absolute atomic E-state index is 4.97. The van der Waals surface area contributed by atoms with Crippen LogP contribution in [0.3, 0.4) is 0 Å². The molecule has 0 unspecified atom stereocenters. The van der Waals surface area contributed by atoms with Crippen molar-refractivity contribution in [2.45, 2.75) is 68.2 Å². The zero-order chi connectivity index (χ0) is 25.1. The fourth-order valence-electron chi connectivity index (χ4n) is 5.56. The molecule has 0 aliphatic heterocycles. The summed E-state index contributed by atoms with van der Waals surface area (Å²) in [6.45, 7) is 18.4. The molecule has 5 aromatic rings. The Labute approximate surface area is 268 Å². The van der Waals surface area contributed by atoms with Crippen LogP contribution >= 0.6 is 0 Å². The second-order valence-electron chi connectivity index (χ2n) is 12.6. The van der Waals surface area contributed by atoms with Gasteiger partial charge in [0, 0.05) is 70.1 Å². The maximum Gasteiger partial charge on any atom is 0.0639 e. The first-order valence-electron chi connectivity index (χ1n) is 12.7. The number of hydrogen-bond donors (Lipinski definition) is 0. The summed E-state index contributed by atoms with van der Waals surface area (Å²) < 4.78 is 2.39. The van der Waals surface area contributed by atoms with Gasteiger partial charge in [-0.25, -0.2) is 0 Å². The molecule has 0 atom stereocenters. The summed E-state index contributed by atoms with van der Waals surface area (Å²) in [5.74, 6) is 0. The summed E-state index contributed by atoms with van der Waals surface area (Å²) in [6.07, 6.45) is 4.15. The molecule has 4 heteroatoms. The quantitative estimate of drug-likeness (QED) is 0.133.